The molecule has 0 spiro atoms. The van der Waals surface area contributed by atoms with Crippen LogP contribution in [-0.2, 0) is 14.9 Å². The fourth-order valence-electron chi connectivity index (χ4n) is 7.51. The number of fused-ring (bicyclic) bond motifs is 3. The van der Waals surface area contributed by atoms with Crippen LogP contribution in [0.2, 0.25) is 0 Å². The van der Waals surface area contributed by atoms with Gasteiger partial charge in [-0.3, -0.25) is 0 Å². The summed E-state index contributed by atoms with van der Waals surface area (Å²) in [7, 11) is 0. The maximum Gasteiger partial charge on any atom is 0.119 e. The lowest BCUT2D eigenvalue weighted by atomic mass is 9.68. The second kappa shape index (κ2) is 13.4. The molecule has 2 heterocycles. The van der Waals surface area contributed by atoms with E-state index in [1.165, 1.54) is 59.1 Å². The first-order valence-electron chi connectivity index (χ1n) is 17.0. The summed E-state index contributed by atoms with van der Waals surface area (Å²) in [5.74, 6) is 3.30. The van der Waals surface area contributed by atoms with Crippen LogP contribution in [0.25, 0.3) is 11.1 Å². The molecule has 0 radical (unpaired) electrons. The van der Waals surface area contributed by atoms with Gasteiger partial charge in [-0.15, -0.1) is 0 Å². The smallest absolute Gasteiger partial charge is 0.119 e. The highest BCUT2D eigenvalue weighted by molar-refractivity contribution is 5.86. The first-order valence-corrected chi connectivity index (χ1v) is 17.0. The highest BCUT2D eigenvalue weighted by Crippen LogP contribution is 2.56. The van der Waals surface area contributed by atoms with Crippen LogP contribution in [0.15, 0.2) is 97.1 Å². The molecule has 0 aromatic heterocycles. The average molecular weight is 603 g/mol. The number of hydrogen-bond acceptors (Lipinski definition) is 4. The van der Waals surface area contributed by atoms with Crippen LogP contribution in [0, 0.1) is 11.8 Å². The number of rotatable bonds is 14. The second-order valence-electron chi connectivity index (χ2n) is 13.2. The largest absolute Gasteiger partial charge is 0.494 e. The van der Waals surface area contributed by atoms with Gasteiger partial charge in [0.05, 0.1) is 44.1 Å². The molecule has 0 saturated carbocycles. The number of benzene rings is 4. The standard InChI is InChI=1S/C41H46O4/c1-29-31(27-44-29)11-7-9-25-42-35-21-17-33(18-22-35)41(39-15-5-3-13-37(39)38-14-4-6-16-40(38)41)34-19-23-36(24-20-34)43-26-10-8-12-32-28-45-30(32)2/h3-6,13-24,29-32H,7-12,25-28H2,1-2H3. The Balaban J connectivity index is 1.10. The molecule has 1 aliphatic carbocycles. The summed E-state index contributed by atoms with van der Waals surface area (Å²) in [6, 6.07) is 35.4. The number of unbranched alkanes of at least 4 members (excludes halogenated alkanes) is 2. The van der Waals surface area contributed by atoms with Gasteiger partial charge >= 0.3 is 0 Å². The van der Waals surface area contributed by atoms with Crippen molar-refractivity contribution in [2.45, 2.75) is 70.0 Å². The Kier molecular flexibility index (Phi) is 8.96. The molecule has 3 aliphatic rings. The molecular formula is C41H46O4. The van der Waals surface area contributed by atoms with Gasteiger partial charge in [0.1, 0.15) is 11.5 Å². The first-order chi connectivity index (χ1) is 22.1. The van der Waals surface area contributed by atoms with Gasteiger partial charge in [0.2, 0.25) is 0 Å². The Labute approximate surface area is 268 Å². The Bertz CT molecular complexity index is 1440. The van der Waals surface area contributed by atoms with Crippen molar-refractivity contribution < 1.29 is 18.9 Å². The normalized spacial score (nSPS) is 22.5. The van der Waals surface area contributed by atoms with Crippen molar-refractivity contribution in [2.24, 2.45) is 11.8 Å². The zero-order valence-corrected chi connectivity index (χ0v) is 26.8. The summed E-state index contributed by atoms with van der Waals surface area (Å²) in [6.45, 7) is 7.68. The van der Waals surface area contributed by atoms with E-state index < -0.39 is 5.41 Å². The van der Waals surface area contributed by atoms with Crippen molar-refractivity contribution >= 4 is 0 Å². The Morgan fingerprint density at radius 2 is 0.978 bits per heavy atom. The third-order valence-corrected chi connectivity index (χ3v) is 10.5. The predicted molar refractivity (Wildman–Crippen MR) is 180 cm³/mol. The molecule has 7 rings (SSSR count). The summed E-state index contributed by atoms with van der Waals surface area (Å²) in [4.78, 5) is 0. The molecule has 234 valence electrons. The van der Waals surface area contributed by atoms with E-state index in [0.717, 1.165) is 62.6 Å². The molecule has 0 amide bonds. The van der Waals surface area contributed by atoms with Gasteiger partial charge in [0.25, 0.3) is 0 Å². The van der Waals surface area contributed by atoms with E-state index in [2.05, 4.69) is 111 Å². The van der Waals surface area contributed by atoms with Gasteiger partial charge in [0.15, 0.2) is 0 Å². The van der Waals surface area contributed by atoms with Gasteiger partial charge in [-0.1, -0.05) is 72.8 Å². The van der Waals surface area contributed by atoms with Crippen molar-refractivity contribution in [3.63, 3.8) is 0 Å². The molecule has 4 heteroatoms. The second-order valence-corrected chi connectivity index (χ2v) is 13.2. The van der Waals surface area contributed by atoms with Crippen LogP contribution in [0.3, 0.4) is 0 Å². The Morgan fingerprint density at radius 3 is 1.36 bits per heavy atom. The molecule has 2 fully saturated rings. The summed E-state index contributed by atoms with van der Waals surface area (Å²) in [5, 5.41) is 0. The van der Waals surface area contributed by atoms with Gasteiger partial charge in [-0.05, 0) is 110 Å². The van der Waals surface area contributed by atoms with Crippen molar-refractivity contribution in [1.29, 1.82) is 0 Å². The van der Waals surface area contributed by atoms with E-state index >= 15 is 0 Å². The summed E-state index contributed by atoms with van der Waals surface area (Å²) >= 11 is 0. The fraction of sp³-hybridized carbons (Fsp3) is 0.415. The molecule has 4 aromatic rings. The molecule has 4 nitrogen and oxygen atoms in total. The van der Waals surface area contributed by atoms with Crippen LogP contribution in [0.4, 0.5) is 0 Å². The monoisotopic (exact) mass is 602 g/mol. The van der Waals surface area contributed by atoms with Crippen LogP contribution in [-0.4, -0.2) is 38.6 Å². The lowest BCUT2D eigenvalue weighted by Crippen LogP contribution is -2.36. The topological polar surface area (TPSA) is 36.9 Å². The molecule has 0 bridgehead atoms. The maximum absolute atomic E-state index is 6.21. The van der Waals surface area contributed by atoms with Gasteiger partial charge < -0.3 is 18.9 Å². The summed E-state index contributed by atoms with van der Waals surface area (Å²) < 4.78 is 23.4. The average Bonchev–Trinajstić information content (AvgIpc) is 3.38. The molecule has 4 aromatic carbocycles. The molecule has 2 aliphatic heterocycles. The third-order valence-electron chi connectivity index (χ3n) is 10.5. The zero-order chi connectivity index (χ0) is 30.6. The third kappa shape index (κ3) is 5.91. The highest BCUT2D eigenvalue weighted by atomic mass is 16.5. The summed E-state index contributed by atoms with van der Waals surface area (Å²) in [6.07, 6.45) is 7.80. The van der Waals surface area contributed by atoms with E-state index in [-0.39, 0.29) is 0 Å². The van der Waals surface area contributed by atoms with Gasteiger partial charge in [0, 0.05) is 11.8 Å². The van der Waals surface area contributed by atoms with E-state index in [4.69, 9.17) is 18.9 Å². The molecule has 4 atom stereocenters. The van der Waals surface area contributed by atoms with Crippen LogP contribution in [0.5, 0.6) is 11.5 Å². The van der Waals surface area contributed by atoms with E-state index in [0.29, 0.717) is 12.2 Å². The fourth-order valence-corrected chi connectivity index (χ4v) is 7.51. The predicted octanol–water partition coefficient (Wildman–Crippen LogP) is 9.22. The first kappa shape index (κ1) is 30.1. The lowest BCUT2D eigenvalue weighted by molar-refractivity contribution is -0.106. The van der Waals surface area contributed by atoms with Crippen molar-refractivity contribution in [2.75, 3.05) is 26.4 Å². The zero-order valence-electron chi connectivity index (χ0n) is 26.8. The molecular weight excluding hydrogens is 556 g/mol. The summed E-state index contributed by atoms with van der Waals surface area (Å²) in [5.41, 5.74) is 7.29. The van der Waals surface area contributed by atoms with Crippen molar-refractivity contribution in [3.8, 4) is 22.6 Å². The molecule has 2 saturated heterocycles. The minimum Gasteiger partial charge on any atom is -0.494 e. The van der Waals surface area contributed by atoms with Crippen molar-refractivity contribution in [1.82, 2.24) is 0 Å². The van der Waals surface area contributed by atoms with Crippen LogP contribution >= 0.6 is 0 Å². The van der Waals surface area contributed by atoms with Gasteiger partial charge in [-0.2, -0.15) is 0 Å². The van der Waals surface area contributed by atoms with E-state index in [1.807, 2.05) is 0 Å². The SMILES string of the molecule is CC1OCC1CCCCOc1ccc(C2(c3ccc(OCCCCC4COC4C)cc3)c3ccccc3-c3ccccc32)cc1. The van der Waals surface area contributed by atoms with E-state index in [9.17, 15) is 0 Å². The van der Waals surface area contributed by atoms with E-state index in [1.54, 1.807) is 0 Å². The maximum atomic E-state index is 6.21. The molecule has 0 N–H and O–H groups in total. The minimum absolute atomic E-state index is 0.423. The van der Waals surface area contributed by atoms with Crippen LogP contribution in [0.1, 0.15) is 74.6 Å². The quantitative estimate of drug-likeness (QED) is 0.119. The van der Waals surface area contributed by atoms with Gasteiger partial charge in [-0.25, -0.2) is 0 Å². The number of hydrogen-bond donors (Lipinski definition) is 0. The number of ether oxygens (including phenoxy) is 4. The Hall–Kier alpha value is -3.60. The van der Waals surface area contributed by atoms with Crippen LogP contribution < -0.4 is 9.47 Å². The molecule has 4 unspecified atom stereocenters. The Morgan fingerprint density at radius 1 is 0.556 bits per heavy atom. The minimum atomic E-state index is -0.423. The lowest BCUT2D eigenvalue weighted by Gasteiger charge is -2.34. The molecule has 45 heavy (non-hydrogen) atoms. The van der Waals surface area contributed by atoms with Crippen molar-refractivity contribution in [3.05, 3.63) is 119 Å². The highest BCUT2D eigenvalue weighted by Gasteiger charge is 2.45.